The lowest BCUT2D eigenvalue weighted by Gasteiger charge is -2.05. The highest BCUT2D eigenvalue weighted by molar-refractivity contribution is 8.00. The third-order valence-electron chi connectivity index (χ3n) is 2.73. The molecule has 1 saturated heterocycles. The number of aliphatic hydroxyl groups is 2. The van der Waals surface area contributed by atoms with Gasteiger partial charge < -0.3 is 15.9 Å². The van der Waals surface area contributed by atoms with Gasteiger partial charge in [0.25, 0.3) is 5.91 Å². The van der Waals surface area contributed by atoms with E-state index in [1.807, 2.05) is 30.7 Å². The number of hydrogen-bond acceptors (Lipinski definition) is 4. The van der Waals surface area contributed by atoms with Crippen LogP contribution in [0.25, 0.3) is 0 Å². The number of pyridine rings is 1. The number of nitrogens with two attached hydrogens (primary N) is 1. The lowest BCUT2D eigenvalue weighted by molar-refractivity contribution is -0.699. The minimum Gasteiger partial charge on any atom is -0.400 e. The molecule has 1 amide bonds. The predicted molar refractivity (Wildman–Crippen MR) is 81.4 cm³/mol. The molecule has 2 heterocycles. The van der Waals surface area contributed by atoms with Crippen LogP contribution in [0.2, 0.25) is 0 Å². The Hall–Kier alpha value is -1.11. The molecule has 0 bridgehead atoms. The normalized spacial score (nSPS) is 20.2. The third kappa shape index (κ3) is 5.48. The van der Waals surface area contributed by atoms with Gasteiger partial charge in [-0.15, -0.1) is 0 Å². The van der Waals surface area contributed by atoms with Crippen molar-refractivity contribution in [3.05, 3.63) is 30.1 Å². The molecule has 0 radical (unpaired) electrons. The largest absolute Gasteiger partial charge is 0.400 e. The molecule has 6 heteroatoms. The van der Waals surface area contributed by atoms with Gasteiger partial charge in [-0.3, -0.25) is 4.79 Å². The molecule has 5 nitrogen and oxygen atoms in total. The van der Waals surface area contributed by atoms with Crippen LogP contribution in [-0.2, 0) is 0 Å². The lowest BCUT2D eigenvalue weighted by atomic mass is 10.2. The third-order valence-corrected chi connectivity index (χ3v) is 4.29. The summed E-state index contributed by atoms with van der Waals surface area (Å²) in [6, 6.07) is 3.54. The van der Waals surface area contributed by atoms with Crippen LogP contribution in [0.5, 0.6) is 0 Å². The van der Waals surface area contributed by atoms with Gasteiger partial charge in [-0.1, -0.05) is 25.6 Å². The van der Waals surface area contributed by atoms with Crippen molar-refractivity contribution >= 4 is 17.7 Å². The molecule has 2 rings (SSSR count). The quantitative estimate of drug-likeness (QED) is 0.729. The van der Waals surface area contributed by atoms with Gasteiger partial charge >= 0.3 is 0 Å². The molecular formula is C14H25N2O3S+. The predicted octanol–water partition coefficient (Wildman–Crippen LogP) is 1.09. The average Bonchev–Trinajstić information content (AvgIpc) is 3.00. The van der Waals surface area contributed by atoms with Crippen LogP contribution >= 0.6 is 11.8 Å². The fraction of sp³-hybridized carbons (Fsp3) is 0.571. The van der Waals surface area contributed by atoms with Crippen LogP contribution < -0.4 is 10.3 Å². The zero-order valence-electron chi connectivity index (χ0n) is 12.3. The second-order valence-electron chi connectivity index (χ2n) is 3.88. The van der Waals surface area contributed by atoms with Gasteiger partial charge in [0.2, 0.25) is 5.37 Å². The molecule has 0 aromatic carbocycles. The summed E-state index contributed by atoms with van der Waals surface area (Å²) in [5.41, 5.74) is 5.76. The van der Waals surface area contributed by atoms with E-state index in [4.69, 9.17) is 15.9 Å². The smallest absolute Gasteiger partial charge is 0.254 e. The number of carbonyl (C=O) groups is 1. The first kappa shape index (κ1) is 18.9. The number of carbonyl (C=O) groups excluding carboxylic acids is 1. The molecule has 2 atom stereocenters. The van der Waals surface area contributed by atoms with Crippen LogP contribution in [0.4, 0.5) is 0 Å². The lowest BCUT2D eigenvalue weighted by Crippen LogP contribution is -2.37. The highest BCUT2D eigenvalue weighted by atomic mass is 32.2. The van der Waals surface area contributed by atoms with Crippen LogP contribution in [0.3, 0.4) is 0 Å². The van der Waals surface area contributed by atoms with E-state index in [-0.39, 0.29) is 6.61 Å². The molecule has 1 fully saturated rings. The van der Waals surface area contributed by atoms with Crippen LogP contribution in [0.15, 0.2) is 24.5 Å². The number of aromatic nitrogens is 1. The van der Waals surface area contributed by atoms with E-state index >= 15 is 0 Å². The van der Waals surface area contributed by atoms with Gasteiger partial charge in [-0.25, -0.2) is 0 Å². The molecule has 0 aliphatic carbocycles. The zero-order valence-corrected chi connectivity index (χ0v) is 13.1. The van der Waals surface area contributed by atoms with Gasteiger partial charge in [0.15, 0.2) is 12.4 Å². The number of hydrogen-bond donors (Lipinski definition) is 3. The van der Waals surface area contributed by atoms with Gasteiger partial charge in [-0.2, -0.15) is 4.57 Å². The van der Waals surface area contributed by atoms with Crippen molar-refractivity contribution in [1.29, 1.82) is 0 Å². The highest BCUT2D eigenvalue weighted by Crippen LogP contribution is 2.37. The Morgan fingerprint density at radius 3 is 2.60 bits per heavy atom. The Bertz CT molecular complexity index is 402. The number of rotatable bonds is 3. The second kappa shape index (κ2) is 10.7. The van der Waals surface area contributed by atoms with E-state index in [1.165, 1.54) is 0 Å². The minimum atomic E-state index is -0.406. The van der Waals surface area contributed by atoms with E-state index in [1.54, 1.807) is 24.0 Å². The van der Waals surface area contributed by atoms with Crippen molar-refractivity contribution in [3.63, 3.8) is 0 Å². The number of aliphatic hydroxyl groups excluding tert-OH is 2. The van der Waals surface area contributed by atoms with E-state index in [0.29, 0.717) is 16.2 Å². The Balaban J connectivity index is 0.000000829. The molecule has 0 saturated carbocycles. The maximum atomic E-state index is 11.1. The molecule has 1 aromatic heterocycles. The first-order chi connectivity index (χ1) is 9.70. The van der Waals surface area contributed by atoms with E-state index in [9.17, 15) is 4.79 Å². The summed E-state index contributed by atoms with van der Waals surface area (Å²) < 4.78 is 2.00. The minimum absolute atomic E-state index is 0.219. The standard InChI is InChI=1S/C11H14N2O2S.C2H6.CH4O/c12-11(15)8-2-1-5-13(6-8)10-4-3-9(7-14)16-10;2*1-2/h1-2,5-6,9-10,14H,3-4,7H2,(H-,12,15);1-2H3;2H,1H3/p+1. The van der Waals surface area contributed by atoms with Crippen LogP contribution in [0.1, 0.15) is 42.4 Å². The molecule has 114 valence electrons. The number of nitrogens with zero attached hydrogens (tertiary/aromatic N) is 1. The molecule has 1 aromatic rings. The molecule has 1 aliphatic heterocycles. The topological polar surface area (TPSA) is 87.4 Å². The Kier molecular flexibility index (Phi) is 10.1. The number of amides is 1. The van der Waals surface area contributed by atoms with Gasteiger partial charge in [-0.05, 0) is 12.5 Å². The van der Waals surface area contributed by atoms with Crippen molar-refractivity contribution < 1.29 is 19.6 Å². The van der Waals surface area contributed by atoms with Crippen molar-refractivity contribution in [2.45, 2.75) is 37.3 Å². The molecule has 20 heavy (non-hydrogen) atoms. The second-order valence-corrected chi connectivity index (χ2v) is 5.36. The first-order valence-electron chi connectivity index (χ1n) is 6.72. The Morgan fingerprint density at radius 2 is 2.10 bits per heavy atom. The fourth-order valence-corrected chi connectivity index (χ4v) is 3.20. The van der Waals surface area contributed by atoms with E-state index in [2.05, 4.69) is 0 Å². The van der Waals surface area contributed by atoms with Crippen molar-refractivity contribution in [2.75, 3.05) is 13.7 Å². The SMILES string of the molecule is CC.CO.NC(=O)c1ccc[n+](C2CCC(CO)S2)c1. The summed E-state index contributed by atoms with van der Waals surface area (Å²) in [5, 5.41) is 16.7. The molecule has 1 aliphatic rings. The molecule has 0 spiro atoms. The summed E-state index contributed by atoms with van der Waals surface area (Å²) in [6.07, 6.45) is 5.74. The number of primary amides is 1. The fourth-order valence-electron chi connectivity index (χ4n) is 1.86. The molecular weight excluding hydrogens is 276 g/mol. The monoisotopic (exact) mass is 301 g/mol. The van der Waals surface area contributed by atoms with Gasteiger partial charge in [0, 0.05) is 24.8 Å². The summed E-state index contributed by atoms with van der Waals surface area (Å²) >= 11 is 1.75. The molecule has 2 unspecified atom stereocenters. The first-order valence-corrected chi connectivity index (χ1v) is 7.66. The van der Waals surface area contributed by atoms with Crippen molar-refractivity contribution in [2.24, 2.45) is 5.73 Å². The highest BCUT2D eigenvalue weighted by Gasteiger charge is 2.31. The Morgan fingerprint density at radius 1 is 1.45 bits per heavy atom. The maximum Gasteiger partial charge on any atom is 0.254 e. The van der Waals surface area contributed by atoms with Crippen molar-refractivity contribution in [1.82, 2.24) is 0 Å². The maximum absolute atomic E-state index is 11.1. The molecule has 4 N–H and O–H groups in total. The van der Waals surface area contributed by atoms with Crippen LogP contribution in [-0.4, -0.2) is 35.1 Å². The van der Waals surface area contributed by atoms with Crippen molar-refractivity contribution in [3.8, 4) is 0 Å². The van der Waals surface area contributed by atoms with Gasteiger partial charge in [0.05, 0.1) is 6.61 Å². The van der Waals surface area contributed by atoms with E-state index < -0.39 is 5.91 Å². The average molecular weight is 301 g/mol. The summed E-state index contributed by atoms with van der Waals surface area (Å²) in [5.74, 6) is -0.406. The van der Waals surface area contributed by atoms with E-state index in [0.717, 1.165) is 20.0 Å². The van der Waals surface area contributed by atoms with Gasteiger partial charge in [0.1, 0.15) is 5.56 Å². The zero-order chi connectivity index (χ0) is 15.5. The van der Waals surface area contributed by atoms with Crippen LogP contribution in [0, 0.1) is 0 Å². The Labute approximate surface area is 124 Å². The summed E-state index contributed by atoms with van der Waals surface area (Å²) in [7, 11) is 1.00. The number of thioether (sulfide) groups is 1. The summed E-state index contributed by atoms with van der Waals surface area (Å²) in [6.45, 7) is 4.22. The summed E-state index contributed by atoms with van der Waals surface area (Å²) in [4.78, 5) is 11.1.